The van der Waals surface area contributed by atoms with Gasteiger partial charge in [0.05, 0.1) is 17.2 Å². The smallest absolute Gasteiger partial charge is 0.261 e. The molecule has 0 aliphatic carbocycles. The van der Waals surface area contributed by atoms with Crippen molar-refractivity contribution >= 4 is 22.7 Å². The molecule has 0 atom stereocenters. The lowest BCUT2D eigenvalue weighted by atomic mass is 10.2. The van der Waals surface area contributed by atoms with Crippen LogP contribution in [0, 0.1) is 0 Å². The van der Waals surface area contributed by atoms with Crippen LogP contribution >= 0.6 is 11.8 Å². The molecule has 0 saturated carbocycles. The molecule has 0 fully saturated rings. The van der Waals surface area contributed by atoms with Crippen molar-refractivity contribution in [2.24, 2.45) is 0 Å². The van der Waals surface area contributed by atoms with Crippen LogP contribution in [0.25, 0.3) is 10.9 Å². The standard InChI is InChI=1S/C15H18N2OS/c1-12(2)7-9-19-10-8-17-11-16-14-6-4-3-5-13(14)15(17)18/h3-7,11H,8-10H2,1-2H3. The van der Waals surface area contributed by atoms with Crippen LogP contribution in [0.2, 0.25) is 0 Å². The zero-order valence-corrected chi connectivity index (χ0v) is 12.1. The molecule has 100 valence electrons. The van der Waals surface area contributed by atoms with E-state index in [9.17, 15) is 4.79 Å². The second-order valence-corrected chi connectivity index (χ2v) is 5.77. The molecule has 0 bridgehead atoms. The Morgan fingerprint density at radius 3 is 2.95 bits per heavy atom. The van der Waals surface area contributed by atoms with Gasteiger partial charge in [-0.05, 0) is 26.0 Å². The van der Waals surface area contributed by atoms with Gasteiger partial charge >= 0.3 is 0 Å². The lowest BCUT2D eigenvalue weighted by Crippen LogP contribution is -2.21. The molecule has 0 aliphatic rings. The number of nitrogens with zero attached hydrogens (tertiary/aromatic N) is 2. The molecule has 3 nitrogen and oxygen atoms in total. The van der Waals surface area contributed by atoms with Gasteiger partial charge in [-0.1, -0.05) is 23.8 Å². The van der Waals surface area contributed by atoms with E-state index in [-0.39, 0.29) is 5.56 Å². The molecule has 0 radical (unpaired) electrons. The minimum absolute atomic E-state index is 0.0495. The first-order chi connectivity index (χ1) is 9.18. The molecule has 1 aromatic carbocycles. The molecule has 0 amide bonds. The molecule has 0 saturated heterocycles. The Bertz CT molecular complexity index is 642. The van der Waals surface area contributed by atoms with Crippen LogP contribution in [0.1, 0.15) is 13.8 Å². The number of allylic oxidation sites excluding steroid dienone is 1. The maximum absolute atomic E-state index is 12.2. The lowest BCUT2D eigenvalue weighted by Gasteiger charge is -2.05. The Hall–Kier alpha value is -1.55. The second-order valence-electron chi connectivity index (χ2n) is 4.62. The van der Waals surface area contributed by atoms with E-state index in [2.05, 4.69) is 24.9 Å². The number of rotatable bonds is 5. The molecule has 0 aliphatic heterocycles. The third-order valence-corrected chi connectivity index (χ3v) is 3.69. The summed E-state index contributed by atoms with van der Waals surface area (Å²) in [6.45, 7) is 4.90. The van der Waals surface area contributed by atoms with Gasteiger partial charge in [0.15, 0.2) is 0 Å². The Labute approximate surface area is 117 Å². The number of para-hydroxylation sites is 1. The Morgan fingerprint density at radius 1 is 1.37 bits per heavy atom. The quantitative estimate of drug-likeness (QED) is 0.621. The van der Waals surface area contributed by atoms with Crippen LogP contribution < -0.4 is 5.56 Å². The molecule has 2 rings (SSSR count). The molecule has 0 spiro atoms. The topological polar surface area (TPSA) is 34.9 Å². The van der Waals surface area contributed by atoms with Crippen LogP contribution in [0.4, 0.5) is 0 Å². The molecule has 2 aromatic rings. The number of fused-ring (bicyclic) bond motifs is 1. The van der Waals surface area contributed by atoms with E-state index in [1.807, 2.05) is 36.0 Å². The van der Waals surface area contributed by atoms with Gasteiger partial charge in [0, 0.05) is 18.1 Å². The van der Waals surface area contributed by atoms with E-state index >= 15 is 0 Å². The van der Waals surface area contributed by atoms with Gasteiger partial charge < -0.3 is 0 Å². The highest BCUT2D eigenvalue weighted by molar-refractivity contribution is 7.99. The average molecular weight is 274 g/mol. The van der Waals surface area contributed by atoms with Gasteiger partial charge in [0.2, 0.25) is 0 Å². The normalized spacial score (nSPS) is 10.6. The van der Waals surface area contributed by atoms with Crippen LogP contribution in [-0.2, 0) is 6.54 Å². The average Bonchev–Trinajstić information content (AvgIpc) is 2.41. The molecule has 0 N–H and O–H groups in total. The predicted octanol–water partition coefficient (Wildman–Crippen LogP) is 3.10. The van der Waals surface area contributed by atoms with Crippen LogP contribution in [-0.4, -0.2) is 21.1 Å². The summed E-state index contributed by atoms with van der Waals surface area (Å²) >= 11 is 1.83. The van der Waals surface area contributed by atoms with Crippen molar-refractivity contribution in [1.29, 1.82) is 0 Å². The first kappa shape index (κ1) is 13.9. The van der Waals surface area contributed by atoms with Gasteiger partial charge in [-0.2, -0.15) is 11.8 Å². The van der Waals surface area contributed by atoms with Crippen LogP contribution in [0.5, 0.6) is 0 Å². The zero-order chi connectivity index (χ0) is 13.7. The minimum atomic E-state index is 0.0495. The highest BCUT2D eigenvalue weighted by Crippen LogP contribution is 2.06. The zero-order valence-electron chi connectivity index (χ0n) is 11.3. The number of hydrogen-bond donors (Lipinski definition) is 0. The number of aryl methyl sites for hydroxylation is 1. The van der Waals surface area contributed by atoms with Crippen LogP contribution in [0.15, 0.2) is 47.0 Å². The van der Waals surface area contributed by atoms with E-state index in [1.165, 1.54) is 5.57 Å². The fraction of sp³-hybridized carbons (Fsp3) is 0.333. The van der Waals surface area contributed by atoms with Gasteiger partial charge in [0.25, 0.3) is 5.56 Å². The Kier molecular flexibility index (Phi) is 4.80. The van der Waals surface area contributed by atoms with Gasteiger partial charge in [-0.3, -0.25) is 9.36 Å². The van der Waals surface area contributed by atoms with E-state index in [4.69, 9.17) is 0 Å². The summed E-state index contributed by atoms with van der Waals surface area (Å²) in [7, 11) is 0. The summed E-state index contributed by atoms with van der Waals surface area (Å²) < 4.78 is 1.69. The highest BCUT2D eigenvalue weighted by atomic mass is 32.2. The Morgan fingerprint density at radius 2 is 2.16 bits per heavy atom. The van der Waals surface area contributed by atoms with Crippen molar-refractivity contribution in [3.05, 3.63) is 52.6 Å². The molecule has 4 heteroatoms. The van der Waals surface area contributed by atoms with Crippen molar-refractivity contribution in [1.82, 2.24) is 9.55 Å². The van der Waals surface area contributed by atoms with Crippen molar-refractivity contribution in [3.8, 4) is 0 Å². The maximum Gasteiger partial charge on any atom is 0.261 e. The van der Waals surface area contributed by atoms with Gasteiger partial charge in [-0.25, -0.2) is 4.98 Å². The summed E-state index contributed by atoms with van der Waals surface area (Å²) in [5, 5.41) is 0.694. The molecule has 1 aromatic heterocycles. The van der Waals surface area contributed by atoms with Gasteiger partial charge in [-0.15, -0.1) is 0 Å². The molecule has 1 heterocycles. The molecule has 19 heavy (non-hydrogen) atoms. The summed E-state index contributed by atoms with van der Waals surface area (Å²) in [5.41, 5.74) is 2.14. The summed E-state index contributed by atoms with van der Waals surface area (Å²) in [5.74, 6) is 1.92. The second kappa shape index (κ2) is 6.57. The predicted molar refractivity (Wildman–Crippen MR) is 82.8 cm³/mol. The number of aromatic nitrogens is 2. The molecular weight excluding hydrogens is 256 g/mol. The largest absolute Gasteiger partial charge is 0.298 e. The summed E-state index contributed by atoms with van der Waals surface area (Å²) in [4.78, 5) is 16.5. The number of benzene rings is 1. The van der Waals surface area contributed by atoms with E-state index in [1.54, 1.807) is 10.9 Å². The Balaban J connectivity index is 2.03. The number of thioether (sulfide) groups is 1. The minimum Gasteiger partial charge on any atom is -0.298 e. The fourth-order valence-electron chi connectivity index (χ4n) is 1.74. The SMILES string of the molecule is CC(C)=CCSCCn1cnc2ccccc2c1=O. The monoisotopic (exact) mass is 274 g/mol. The number of hydrogen-bond acceptors (Lipinski definition) is 3. The van der Waals surface area contributed by atoms with Gasteiger partial charge in [0.1, 0.15) is 0 Å². The van der Waals surface area contributed by atoms with Crippen molar-refractivity contribution < 1.29 is 0 Å². The van der Waals surface area contributed by atoms with Crippen molar-refractivity contribution in [2.45, 2.75) is 20.4 Å². The maximum atomic E-state index is 12.2. The lowest BCUT2D eigenvalue weighted by molar-refractivity contribution is 0.725. The fourth-order valence-corrected chi connectivity index (χ4v) is 2.68. The molecular formula is C15H18N2OS. The first-order valence-corrected chi connectivity index (χ1v) is 7.49. The molecule has 0 unspecified atom stereocenters. The van der Waals surface area contributed by atoms with Crippen molar-refractivity contribution in [2.75, 3.05) is 11.5 Å². The van der Waals surface area contributed by atoms with E-state index in [0.717, 1.165) is 17.0 Å². The third-order valence-electron chi connectivity index (χ3n) is 2.82. The van der Waals surface area contributed by atoms with Crippen LogP contribution in [0.3, 0.4) is 0 Å². The third kappa shape index (κ3) is 3.70. The highest BCUT2D eigenvalue weighted by Gasteiger charge is 2.02. The van der Waals surface area contributed by atoms with E-state index in [0.29, 0.717) is 11.9 Å². The first-order valence-electron chi connectivity index (χ1n) is 6.34. The van der Waals surface area contributed by atoms with Crippen molar-refractivity contribution in [3.63, 3.8) is 0 Å². The summed E-state index contributed by atoms with van der Waals surface area (Å²) in [6, 6.07) is 7.47. The van der Waals surface area contributed by atoms with E-state index < -0.39 is 0 Å². The summed E-state index contributed by atoms with van der Waals surface area (Å²) in [6.07, 6.45) is 3.85.